The Bertz CT molecular complexity index is 617. The second kappa shape index (κ2) is 5.01. The van der Waals surface area contributed by atoms with Gasteiger partial charge in [-0.25, -0.2) is 0 Å². The van der Waals surface area contributed by atoms with Gasteiger partial charge in [0.1, 0.15) is 11.4 Å². The molecule has 0 fully saturated rings. The molecule has 0 unspecified atom stereocenters. The van der Waals surface area contributed by atoms with Gasteiger partial charge in [-0.2, -0.15) is 5.10 Å². The largest absolute Gasteiger partial charge is 0.399 e. The number of primary amides is 1. The summed E-state index contributed by atoms with van der Waals surface area (Å²) in [5, 5.41) is 7.36. The monoisotopic (exact) mass is 259 g/mol. The zero-order chi connectivity index (χ0) is 14.0. The molecular formula is C13H17N5O. The van der Waals surface area contributed by atoms with E-state index in [-0.39, 0.29) is 0 Å². The molecule has 0 aliphatic carbocycles. The molecule has 1 aromatic heterocycles. The lowest BCUT2D eigenvalue weighted by molar-refractivity contribution is 0.100. The van der Waals surface area contributed by atoms with Crippen LogP contribution in [0, 0.1) is 6.92 Å². The van der Waals surface area contributed by atoms with Gasteiger partial charge in [-0.1, -0.05) is 12.1 Å². The van der Waals surface area contributed by atoms with Gasteiger partial charge >= 0.3 is 0 Å². The van der Waals surface area contributed by atoms with Crippen LogP contribution in [0.4, 0.5) is 11.5 Å². The van der Waals surface area contributed by atoms with Gasteiger partial charge in [-0.05, 0) is 24.6 Å². The Morgan fingerprint density at radius 2 is 2.21 bits per heavy atom. The van der Waals surface area contributed by atoms with Gasteiger partial charge in [-0.3, -0.25) is 9.48 Å². The van der Waals surface area contributed by atoms with Crippen LogP contribution in [0.3, 0.4) is 0 Å². The molecule has 5 N–H and O–H groups in total. The van der Waals surface area contributed by atoms with Crippen LogP contribution < -0.4 is 16.8 Å². The van der Waals surface area contributed by atoms with Crippen LogP contribution in [0.5, 0.6) is 0 Å². The number of nitrogens with zero attached hydrogens (tertiary/aromatic N) is 2. The minimum absolute atomic E-state index is 0.423. The fourth-order valence-corrected chi connectivity index (χ4v) is 2.04. The van der Waals surface area contributed by atoms with Crippen molar-refractivity contribution in [3.8, 4) is 0 Å². The number of aryl methyl sites for hydroxylation is 2. The maximum atomic E-state index is 11.4. The fourth-order valence-electron chi connectivity index (χ4n) is 2.04. The lowest BCUT2D eigenvalue weighted by atomic mass is 10.2. The third kappa shape index (κ3) is 2.67. The van der Waals surface area contributed by atoms with Crippen LogP contribution in [0.2, 0.25) is 0 Å². The van der Waals surface area contributed by atoms with Crippen molar-refractivity contribution in [2.45, 2.75) is 13.5 Å². The highest BCUT2D eigenvalue weighted by Gasteiger charge is 2.17. The molecule has 0 atom stereocenters. The third-order valence-corrected chi connectivity index (χ3v) is 2.88. The van der Waals surface area contributed by atoms with Gasteiger partial charge in [0.15, 0.2) is 0 Å². The van der Waals surface area contributed by atoms with Crippen LogP contribution >= 0.6 is 0 Å². The van der Waals surface area contributed by atoms with Crippen LogP contribution in [-0.2, 0) is 13.6 Å². The second-order valence-corrected chi connectivity index (χ2v) is 4.40. The minimum Gasteiger partial charge on any atom is -0.399 e. The van der Waals surface area contributed by atoms with Crippen molar-refractivity contribution in [3.63, 3.8) is 0 Å². The smallest absolute Gasteiger partial charge is 0.254 e. The average molecular weight is 259 g/mol. The van der Waals surface area contributed by atoms with Gasteiger partial charge in [0.2, 0.25) is 0 Å². The molecule has 1 aromatic carbocycles. The number of nitrogen functional groups attached to an aromatic ring is 1. The number of hydrogen-bond acceptors (Lipinski definition) is 4. The Morgan fingerprint density at radius 3 is 2.84 bits per heavy atom. The normalized spacial score (nSPS) is 10.4. The maximum Gasteiger partial charge on any atom is 0.254 e. The van der Waals surface area contributed by atoms with Crippen molar-refractivity contribution >= 4 is 17.4 Å². The summed E-state index contributed by atoms with van der Waals surface area (Å²) in [4.78, 5) is 11.4. The number of aromatic nitrogens is 2. The fraction of sp³-hybridized carbons (Fsp3) is 0.231. The van der Waals surface area contributed by atoms with Crippen molar-refractivity contribution in [1.29, 1.82) is 0 Å². The van der Waals surface area contributed by atoms with Gasteiger partial charge in [0.25, 0.3) is 5.91 Å². The first-order valence-corrected chi connectivity index (χ1v) is 5.90. The van der Waals surface area contributed by atoms with Gasteiger partial charge in [0, 0.05) is 19.3 Å². The first-order chi connectivity index (χ1) is 8.99. The molecule has 100 valence electrons. The molecule has 0 bridgehead atoms. The third-order valence-electron chi connectivity index (χ3n) is 2.88. The van der Waals surface area contributed by atoms with Crippen molar-refractivity contribution in [3.05, 3.63) is 41.1 Å². The first-order valence-electron chi connectivity index (χ1n) is 5.90. The van der Waals surface area contributed by atoms with Crippen molar-refractivity contribution < 1.29 is 4.79 Å². The van der Waals surface area contributed by atoms with Crippen LogP contribution in [0.1, 0.15) is 21.6 Å². The molecule has 0 saturated heterocycles. The van der Waals surface area contributed by atoms with E-state index in [1.165, 1.54) is 0 Å². The molecule has 2 aromatic rings. The number of carbonyl (C=O) groups excluding carboxylic acids is 1. The molecule has 0 aliphatic heterocycles. The molecule has 0 spiro atoms. The van der Waals surface area contributed by atoms with E-state index in [2.05, 4.69) is 10.4 Å². The molecule has 0 saturated carbocycles. The van der Waals surface area contributed by atoms with Crippen molar-refractivity contribution in [2.24, 2.45) is 12.8 Å². The number of carbonyl (C=O) groups is 1. The SMILES string of the molecule is Cc1nn(C)c(NCc2cccc(N)c2)c1C(N)=O. The summed E-state index contributed by atoms with van der Waals surface area (Å²) in [6, 6.07) is 7.54. The standard InChI is InChI=1S/C13H17N5O/c1-8-11(12(15)19)13(18(2)17-8)16-7-9-4-3-5-10(14)6-9/h3-6,16H,7,14H2,1-2H3,(H2,15,19). The highest BCUT2D eigenvalue weighted by Crippen LogP contribution is 2.19. The number of amides is 1. The van der Waals surface area contributed by atoms with Crippen LogP contribution in [-0.4, -0.2) is 15.7 Å². The van der Waals surface area contributed by atoms with E-state index in [4.69, 9.17) is 11.5 Å². The summed E-state index contributed by atoms with van der Waals surface area (Å²) in [5.74, 6) is 0.133. The molecule has 0 aliphatic rings. The predicted octanol–water partition coefficient (Wildman–Crippen LogP) is 1.02. The summed E-state index contributed by atoms with van der Waals surface area (Å²) < 4.78 is 1.61. The van der Waals surface area contributed by atoms with E-state index in [0.717, 1.165) is 5.56 Å². The van der Waals surface area contributed by atoms with Crippen molar-refractivity contribution in [2.75, 3.05) is 11.1 Å². The molecule has 0 radical (unpaired) electrons. The first kappa shape index (κ1) is 12.9. The molecular weight excluding hydrogens is 242 g/mol. The van der Waals surface area contributed by atoms with E-state index >= 15 is 0 Å². The second-order valence-electron chi connectivity index (χ2n) is 4.40. The predicted molar refractivity (Wildman–Crippen MR) is 74.6 cm³/mol. The molecule has 6 heteroatoms. The van der Waals surface area contributed by atoms with E-state index in [0.29, 0.717) is 29.3 Å². The number of nitrogens with one attached hydrogen (secondary N) is 1. The van der Waals surface area contributed by atoms with E-state index in [9.17, 15) is 4.79 Å². The number of rotatable bonds is 4. The Morgan fingerprint density at radius 1 is 1.47 bits per heavy atom. The molecule has 1 amide bonds. The topological polar surface area (TPSA) is 99.0 Å². The van der Waals surface area contributed by atoms with Gasteiger partial charge in [-0.15, -0.1) is 0 Å². The summed E-state index contributed by atoms with van der Waals surface area (Å²) in [5.41, 5.74) is 13.9. The molecule has 19 heavy (non-hydrogen) atoms. The Kier molecular flexibility index (Phi) is 3.41. The molecule has 1 heterocycles. The van der Waals surface area contributed by atoms with Gasteiger partial charge in [0.05, 0.1) is 5.69 Å². The number of hydrogen-bond donors (Lipinski definition) is 3. The van der Waals surface area contributed by atoms with Crippen LogP contribution in [0.25, 0.3) is 0 Å². The summed E-state index contributed by atoms with van der Waals surface area (Å²) in [6.07, 6.45) is 0. The maximum absolute atomic E-state index is 11.4. The summed E-state index contributed by atoms with van der Waals surface area (Å²) in [7, 11) is 1.77. The zero-order valence-electron chi connectivity index (χ0n) is 11.0. The van der Waals surface area contributed by atoms with E-state index in [1.807, 2.05) is 24.3 Å². The summed E-state index contributed by atoms with van der Waals surface area (Å²) in [6.45, 7) is 2.30. The molecule has 2 rings (SSSR count). The summed E-state index contributed by atoms with van der Waals surface area (Å²) >= 11 is 0. The zero-order valence-corrected chi connectivity index (χ0v) is 11.0. The Balaban J connectivity index is 2.22. The lowest BCUT2D eigenvalue weighted by Gasteiger charge is -2.09. The highest BCUT2D eigenvalue weighted by molar-refractivity contribution is 5.98. The van der Waals surface area contributed by atoms with Crippen molar-refractivity contribution in [1.82, 2.24) is 9.78 Å². The number of benzene rings is 1. The Hall–Kier alpha value is -2.50. The molecule has 6 nitrogen and oxygen atoms in total. The van der Waals surface area contributed by atoms with Crippen LogP contribution in [0.15, 0.2) is 24.3 Å². The van der Waals surface area contributed by atoms with E-state index < -0.39 is 5.91 Å². The lowest BCUT2D eigenvalue weighted by Crippen LogP contribution is -2.15. The highest BCUT2D eigenvalue weighted by atomic mass is 16.1. The average Bonchev–Trinajstić information content (AvgIpc) is 2.61. The number of anilines is 2. The van der Waals surface area contributed by atoms with E-state index in [1.54, 1.807) is 18.7 Å². The quantitative estimate of drug-likeness (QED) is 0.714. The minimum atomic E-state index is -0.485. The number of nitrogens with two attached hydrogens (primary N) is 2. The Labute approximate surface area is 111 Å². The van der Waals surface area contributed by atoms with Gasteiger partial charge < -0.3 is 16.8 Å².